The molecule has 0 radical (unpaired) electrons. The van der Waals surface area contributed by atoms with Crippen molar-refractivity contribution in [1.29, 1.82) is 0 Å². The summed E-state index contributed by atoms with van der Waals surface area (Å²) in [6.45, 7) is 5.57. The molecular formula is C16H21NO3. The van der Waals surface area contributed by atoms with Gasteiger partial charge in [-0.15, -0.1) is 0 Å². The topological polar surface area (TPSA) is 38.8 Å². The van der Waals surface area contributed by atoms with Crippen molar-refractivity contribution in [3.05, 3.63) is 35.4 Å². The lowest BCUT2D eigenvalue weighted by Gasteiger charge is -2.24. The number of carbonyl (C=O) groups excluding carboxylic acids is 1. The maximum Gasteiger partial charge on any atom is 0.254 e. The van der Waals surface area contributed by atoms with Gasteiger partial charge in [0.05, 0.1) is 6.61 Å². The molecule has 0 aliphatic carbocycles. The molecule has 4 heteroatoms. The summed E-state index contributed by atoms with van der Waals surface area (Å²) in [7, 11) is 0. The highest BCUT2D eigenvalue weighted by Crippen LogP contribution is 2.24. The Hall–Kier alpha value is -1.39. The molecule has 20 heavy (non-hydrogen) atoms. The Morgan fingerprint density at radius 1 is 1.20 bits per heavy atom. The number of benzene rings is 1. The van der Waals surface area contributed by atoms with E-state index in [4.69, 9.17) is 9.47 Å². The Morgan fingerprint density at radius 2 is 1.80 bits per heavy atom. The third-order valence-electron chi connectivity index (χ3n) is 4.02. The van der Waals surface area contributed by atoms with Crippen LogP contribution in [0.15, 0.2) is 24.3 Å². The van der Waals surface area contributed by atoms with E-state index in [1.807, 2.05) is 18.7 Å². The summed E-state index contributed by atoms with van der Waals surface area (Å²) in [5.41, 5.74) is 2.71. The van der Waals surface area contributed by atoms with Crippen LogP contribution in [-0.2, 0) is 27.1 Å². The largest absolute Gasteiger partial charge is 0.347 e. The van der Waals surface area contributed by atoms with Crippen LogP contribution in [0.4, 0.5) is 0 Å². The Morgan fingerprint density at radius 3 is 2.30 bits per heavy atom. The molecule has 0 bridgehead atoms. The second kappa shape index (κ2) is 5.19. The minimum atomic E-state index is -0.644. The second-order valence-electron chi connectivity index (χ2n) is 5.91. The monoisotopic (exact) mass is 275 g/mol. The van der Waals surface area contributed by atoms with Crippen LogP contribution >= 0.6 is 0 Å². The van der Waals surface area contributed by atoms with Crippen molar-refractivity contribution < 1.29 is 14.3 Å². The Kier molecular flexibility index (Phi) is 3.52. The summed E-state index contributed by atoms with van der Waals surface area (Å²) in [4.78, 5) is 14.4. The molecule has 0 saturated carbocycles. The second-order valence-corrected chi connectivity index (χ2v) is 5.91. The van der Waals surface area contributed by atoms with Gasteiger partial charge in [0.25, 0.3) is 5.91 Å². The van der Waals surface area contributed by atoms with Gasteiger partial charge in [0.1, 0.15) is 0 Å². The highest BCUT2D eigenvalue weighted by atomic mass is 16.7. The first-order valence-corrected chi connectivity index (χ1v) is 7.22. The molecule has 0 spiro atoms. The fourth-order valence-electron chi connectivity index (χ4n) is 2.90. The molecule has 1 atom stereocenters. The molecule has 2 aliphatic rings. The number of nitrogens with zero attached hydrogens (tertiary/aromatic N) is 1. The van der Waals surface area contributed by atoms with Gasteiger partial charge in [0, 0.05) is 13.1 Å². The van der Waals surface area contributed by atoms with Crippen molar-refractivity contribution in [2.45, 2.75) is 38.6 Å². The van der Waals surface area contributed by atoms with Crippen LogP contribution < -0.4 is 0 Å². The van der Waals surface area contributed by atoms with Crippen LogP contribution in [0.5, 0.6) is 0 Å². The van der Waals surface area contributed by atoms with Gasteiger partial charge in [-0.1, -0.05) is 24.3 Å². The molecule has 0 aromatic heterocycles. The van der Waals surface area contributed by atoms with E-state index >= 15 is 0 Å². The molecule has 1 aromatic carbocycles. The summed E-state index contributed by atoms with van der Waals surface area (Å²) < 4.78 is 11.2. The van der Waals surface area contributed by atoms with Crippen LogP contribution in [0, 0.1) is 0 Å². The highest BCUT2D eigenvalue weighted by molar-refractivity contribution is 5.81. The summed E-state index contributed by atoms with van der Waals surface area (Å²) in [6.07, 6.45) is 1.38. The van der Waals surface area contributed by atoms with Crippen molar-refractivity contribution in [3.63, 3.8) is 0 Å². The third kappa shape index (κ3) is 2.72. The van der Waals surface area contributed by atoms with Crippen molar-refractivity contribution in [2.24, 2.45) is 0 Å². The molecule has 3 rings (SSSR count). The van der Waals surface area contributed by atoms with E-state index in [2.05, 4.69) is 24.3 Å². The SMILES string of the molecule is CC1(C)OC[C@@H](C(=O)N2CCc3ccccc3CC2)O1. The van der Waals surface area contributed by atoms with E-state index in [1.54, 1.807) is 0 Å². The van der Waals surface area contributed by atoms with E-state index in [9.17, 15) is 4.79 Å². The smallest absolute Gasteiger partial charge is 0.254 e. The van der Waals surface area contributed by atoms with Gasteiger partial charge >= 0.3 is 0 Å². The molecule has 4 nitrogen and oxygen atoms in total. The Bertz CT molecular complexity index is 485. The molecule has 2 heterocycles. The van der Waals surface area contributed by atoms with E-state index in [1.165, 1.54) is 11.1 Å². The minimum Gasteiger partial charge on any atom is -0.347 e. The van der Waals surface area contributed by atoms with Gasteiger partial charge in [-0.2, -0.15) is 0 Å². The molecule has 0 unspecified atom stereocenters. The van der Waals surface area contributed by atoms with Gasteiger partial charge < -0.3 is 14.4 Å². The van der Waals surface area contributed by atoms with E-state index in [-0.39, 0.29) is 5.91 Å². The van der Waals surface area contributed by atoms with E-state index in [0.29, 0.717) is 6.61 Å². The van der Waals surface area contributed by atoms with Crippen LogP contribution in [0.25, 0.3) is 0 Å². The van der Waals surface area contributed by atoms with E-state index < -0.39 is 11.9 Å². The number of rotatable bonds is 1. The molecule has 1 amide bonds. The van der Waals surface area contributed by atoms with Crippen LogP contribution in [0.2, 0.25) is 0 Å². The van der Waals surface area contributed by atoms with Crippen molar-refractivity contribution in [3.8, 4) is 0 Å². The maximum absolute atomic E-state index is 12.5. The lowest BCUT2D eigenvalue weighted by atomic mass is 10.0. The van der Waals surface area contributed by atoms with Crippen LogP contribution in [0.3, 0.4) is 0 Å². The van der Waals surface area contributed by atoms with Gasteiger partial charge in [-0.3, -0.25) is 4.79 Å². The number of carbonyl (C=O) groups is 1. The predicted molar refractivity (Wildman–Crippen MR) is 75.3 cm³/mol. The molecule has 1 aromatic rings. The van der Waals surface area contributed by atoms with Crippen LogP contribution in [-0.4, -0.2) is 42.4 Å². The Labute approximate surface area is 119 Å². The fourth-order valence-corrected chi connectivity index (χ4v) is 2.90. The highest BCUT2D eigenvalue weighted by Gasteiger charge is 2.39. The average Bonchev–Trinajstić information content (AvgIpc) is 2.67. The molecule has 108 valence electrons. The molecule has 0 N–H and O–H groups in total. The Balaban J connectivity index is 1.67. The number of hydrogen-bond donors (Lipinski definition) is 0. The summed E-state index contributed by atoms with van der Waals surface area (Å²) >= 11 is 0. The predicted octanol–water partition coefficient (Wildman–Crippen LogP) is 1.77. The minimum absolute atomic E-state index is 0.0587. The van der Waals surface area contributed by atoms with Gasteiger partial charge in [-0.05, 0) is 37.8 Å². The molecule has 2 aliphatic heterocycles. The first-order chi connectivity index (χ1) is 9.55. The number of fused-ring (bicyclic) bond motifs is 1. The first kappa shape index (κ1) is 13.6. The van der Waals surface area contributed by atoms with Gasteiger partial charge in [0.15, 0.2) is 11.9 Å². The normalized spacial score (nSPS) is 25.1. The third-order valence-corrected chi connectivity index (χ3v) is 4.02. The zero-order valence-corrected chi connectivity index (χ0v) is 12.1. The van der Waals surface area contributed by atoms with Gasteiger partial charge in [0.2, 0.25) is 0 Å². The standard InChI is InChI=1S/C16H21NO3/c1-16(2)19-11-14(20-16)15(18)17-9-7-12-5-3-4-6-13(12)8-10-17/h3-6,14H,7-11H2,1-2H3/t14-/m0/s1. The average molecular weight is 275 g/mol. The molecule has 1 fully saturated rings. The lowest BCUT2D eigenvalue weighted by Crippen LogP contribution is -2.42. The first-order valence-electron chi connectivity index (χ1n) is 7.22. The van der Waals surface area contributed by atoms with Crippen LogP contribution in [0.1, 0.15) is 25.0 Å². The maximum atomic E-state index is 12.5. The quantitative estimate of drug-likeness (QED) is 0.784. The number of hydrogen-bond acceptors (Lipinski definition) is 3. The molecular weight excluding hydrogens is 254 g/mol. The number of amides is 1. The fraction of sp³-hybridized carbons (Fsp3) is 0.562. The van der Waals surface area contributed by atoms with Gasteiger partial charge in [-0.25, -0.2) is 0 Å². The molecule has 1 saturated heterocycles. The zero-order valence-electron chi connectivity index (χ0n) is 12.1. The lowest BCUT2D eigenvalue weighted by molar-refractivity contribution is -0.160. The van der Waals surface area contributed by atoms with E-state index in [0.717, 1.165) is 25.9 Å². The summed E-state index contributed by atoms with van der Waals surface area (Å²) in [5.74, 6) is -0.585. The zero-order chi connectivity index (χ0) is 14.2. The number of ether oxygens (including phenoxy) is 2. The summed E-state index contributed by atoms with van der Waals surface area (Å²) in [6, 6.07) is 8.43. The van der Waals surface area contributed by atoms with Crippen molar-refractivity contribution in [1.82, 2.24) is 4.90 Å². The van der Waals surface area contributed by atoms with Crippen molar-refractivity contribution >= 4 is 5.91 Å². The summed E-state index contributed by atoms with van der Waals surface area (Å²) in [5, 5.41) is 0. The van der Waals surface area contributed by atoms with Crippen molar-refractivity contribution in [2.75, 3.05) is 19.7 Å².